The third-order valence-corrected chi connectivity index (χ3v) is 3.78. The van der Waals surface area contributed by atoms with Gasteiger partial charge in [0.2, 0.25) is 0 Å². The second-order valence-corrected chi connectivity index (χ2v) is 5.76. The van der Waals surface area contributed by atoms with Gasteiger partial charge in [0.05, 0.1) is 5.69 Å². The average molecular weight is 236 g/mol. The van der Waals surface area contributed by atoms with E-state index >= 15 is 0 Å². The van der Waals surface area contributed by atoms with Crippen LogP contribution in [-0.2, 0) is 13.5 Å². The lowest BCUT2D eigenvalue weighted by atomic mass is 9.84. The van der Waals surface area contributed by atoms with Gasteiger partial charge in [-0.05, 0) is 44.1 Å². The Hall–Kier alpha value is -0.900. The summed E-state index contributed by atoms with van der Waals surface area (Å²) in [6.07, 6.45) is 8.19. The van der Waals surface area contributed by atoms with Crippen LogP contribution in [0.3, 0.4) is 0 Å². The van der Waals surface area contributed by atoms with Crippen molar-refractivity contribution in [1.29, 1.82) is 0 Å². The number of hydrogen-bond donors (Lipinski definition) is 1. The fourth-order valence-corrected chi connectivity index (χ4v) is 2.92. The zero-order chi connectivity index (χ0) is 12.3. The summed E-state index contributed by atoms with van der Waals surface area (Å²) in [5.41, 5.74) is 1.53. The van der Waals surface area contributed by atoms with Crippen molar-refractivity contribution in [3.8, 4) is 0 Å². The minimum atomic E-state index is 0.404. The van der Waals surface area contributed by atoms with E-state index in [-0.39, 0.29) is 0 Å². The van der Waals surface area contributed by atoms with Crippen molar-refractivity contribution in [2.45, 2.75) is 52.0 Å². The van der Waals surface area contributed by atoms with Gasteiger partial charge in [-0.3, -0.25) is 4.68 Å². The summed E-state index contributed by atoms with van der Waals surface area (Å²) in [4.78, 5) is 0. The molecule has 0 radical (unpaired) electrons. The molecule has 1 saturated carbocycles. The molecule has 1 aliphatic rings. The van der Waals surface area contributed by atoms with Crippen LogP contribution in [-0.4, -0.2) is 27.6 Å². The summed E-state index contributed by atoms with van der Waals surface area (Å²) in [5, 5.41) is 11.8. The molecule has 4 heteroatoms. The quantitative estimate of drug-likeness (QED) is 0.849. The molecule has 4 nitrogen and oxygen atoms in total. The summed E-state index contributed by atoms with van der Waals surface area (Å²) in [6.45, 7) is 5.75. The van der Waals surface area contributed by atoms with Gasteiger partial charge in [-0.25, -0.2) is 0 Å². The standard InChI is InChI=1S/C13H24N4/c1-4-7-14-11-5-6-13(2,8-11)9-12-10-17(3)16-15-12/h10-11,14H,4-9H2,1-3H3. The lowest BCUT2D eigenvalue weighted by Gasteiger charge is -2.23. The Bertz CT molecular complexity index is 360. The van der Waals surface area contributed by atoms with Crippen molar-refractivity contribution in [3.05, 3.63) is 11.9 Å². The lowest BCUT2D eigenvalue weighted by Crippen LogP contribution is -2.29. The Balaban J connectivity index is 1.88. The van der Waals surface area contributed by atoms with Gasteiger partial charge in [-0.15, -0.1) is 5.10 Å². The first-order valence-corrected chi connectivity index (χ1v) is 6.70. The molecule has 2 unspecified atom stereocenters. The predicted molar refractivity (Wildman–Crippen MR) is 68.7 cm³/mol. The van der Waals surface area contributed by atoms with Crippen LogP contribution < -0.4 is 5.32 Å². The summed E-state index contributed by atoms with van der Waals surface area (Å²) in [6, 6.07) is 0.705. The molecule has 1 aromatic rings. The van der Waals surface area contributed by atoms with Crippen molar-refractivity contribution in [2.75, 3.05) is 6.54 Å². The zero-order valence-electron chi connectivity index (χ0n) is 11.2. The summed E-state index contributed by atoms with van der Waals surface area (Å²) in [5.74, 6) is 0. The predicted octanol–water partition coefficient (Wildman–Crippen LogP) is 1.92. The molecule has 0 aromatic carbocycles. The molecule has 1 fully saturated rings. The molecule has 0 spiro atoms. The Kier molecular flexibility index (Phi) is 3.82. The van der Waals surface area contributed by atoms with Crippen LogP contribution in [0.2, 0.25) is 0 Å². The molecular weight excluding hydrogens is 212 g/mol. The first kappa shape index (κ1) is 12.6. The largest absolute Gasteiger partial charge is 0.314 e. The van der Waals surface area contributed by atoms with Gasteiger partial charge in [0.1, 0.15) is 0 Å². The van der Waals surface area contributed by atoms with Gasteiger partial charge in [0.25, 0.3) is 0 Å². The van der Waals surface area contributed by atoms with Crippen LogP contribution in [0.4, 0.5) is 0 Å². The molecule has 0 amide bonds. The van der Waals surface area contributed by atoms with E-state index in [1.807, 2.05) is 13.2 Å². The maximum atomic E-state index is 4.20. The number of rotatable bonds is 5. The van der Waals surface area contributed by atoms with E-state index in [1.54, 1.807) is 4.68 Å². The molecule has 2 rings (SSSR count). The van der Waals surface area contributed by atoms with E-state index in [9.17, 15) is 0 Å². The highest BCUT2D eigenvalue weighted by atomic mass is 15.4. The van der Waals surface area contributed by atoms with Crippen LogP contribution in [0.25, 0.3) is 0 Å². The highest BCUT2D eigenvalue weighted by Crippen LogP contribution is 2.40. The van der Waals surface area contributed by atoms with Gasteiger partial charge < -0.3 is 5.32 Å². The first-order valence-electron chi connectivity index (χ1n) is 6.70. The summed E-state index contributed by atoms with van der Waals surface area (Å²) >= 11 is 0. The average Bonchev–Trinajstić information content (AvgIpc) is 2.83. The Morgan fingerprint density at radius 1 is 1.59 bits per heavy atom. The van der Waals surface area contributed by atoms with Gasteiger partial charge in [-0.2, -0.15) is 0 Å². The highest BCUT2D eigenvalue weighted by Gasteiger charge is 2.35. The molecule has 0 saturated heterocycles. The lowest BCUT2D eigenvalue weighted by molar-refractivity contribution is 0.318. The third kappa shape index (κ3) is 3.28. The SMILES string of the molecule is CCCNC1CCC(C)(Cc2cn(C)nn2)C1. The second kappa shape index (κ2) is 5.17. The minimum Gasteiger partial charge on any atom is -0.314 e. The van der Waals surface area contributed by atoms with Gasteiger partial charge in [-0.1, -0.05) is 19.1 Å². The van der Waals surface area contributed by atoms with Crippen molar-refractivity contribution in [3.63, 3.8) is 0 Å². The number of nitrogens with zero attached hydrogens (tertiary/aromatic N) is 3. The highest BCUT2D eigenvalue weighted by molar-refractivity contribution is 5.01. The van der Waals surface area contributed by atoms with E-state index in [0.29, 0.717) is 11.5 Å². The Morgan fingerprint density at radius 3 is 3.06 bits per heavy atom. The topological polar surface area (TPSA) is 42.7 Å². The van der Waals surface area contributed by atoms with Crippen LogP contribution in [0, 0.1) is 5.41 Å². The number of aryl methyl sites for hydroxylation is 1. The number of hydrogen-bond acceptors (Lipinski definition) is 3. The van der Waals surface area contributed by atoms with Crippen molar-refractivity contribution >= 4 is 0 Å². The Morgan fingerprint density at radius 2 is 2.41 bits per heavy atom. The normalized spacial score (nSPS) is 28.8. The molecule has 96 valence electrons. The molecule has 1 aromatic heterocycles. The first-order chi connectivity index (χ1) is 8.11. The van der Waals surface area contributed by atoms with E-state index in [1.165, 1.54) is 25.7 Å². The second-order valence-electron chi connectivity index (χ2n) is 5.76. The molecule has 1 N–H and O–H groups in total. The summed E-state index contributed by atoms with van der Waals surface area (Å²) in [7, 11) is 1.93. The van der Waals surface area contributed by atoms with Gasteiger partial charge in [0.15, 0.2) is 0 Å². The van der Waals surface area contributed by atoms with Crippen LogP contribution in [0.15, 0.2) is 6.20 Å². The molecule has 0 aliphatic heterocycles. The molecular formula is C13H24N4. The molecule has 1 aliphatic carbocycles. The van der Waals surface area contributed by atoms with E-state index in [2.05, 4.69) is 29.5 Å². The van der Waals surface area contributed by atoms with Crippen molar-refractivity contribution in [2.24, 2.45) is 12.5 Å². The molecule has 0 bridgehead atoms. The molecule has 1 heterocycles. The third-order valence-electron chi connectivity index (χ3n) is 3.78. The van der Waals surface area contributed by atoms with Crippen LogP contribution in [0.1, 0.15) is 45.2 Å². The molecule has 2 atom stereocenters. The molecule has 17 heavy (non-hydrogen) atoms. The van der Waals surface area contributed by atoms with Crippen LogP contribution >= 0.6 is 0 Å². The van der Waals surface area contributed by atoms with E-state index in [4.69, 9.17) is 0 Å². The summed E-state index contributed by atoms with van der Waals surface area (Å²) < 4.78 is 1.79. The van der Waals surface area contributed by atoms with Gasteiger partial charge in [0, 0.05) is 19.3 Å². The zero-order valence-corrected chi connectivity index (χ0v) is 11.2. The van der Waals surface area contributed by atoms with E-state index in [0.717, 1.165) is 18.7 Å². The maximum absolute atomic E-state index is 4.20. The van der Waals surface area contributed by atoms with Crippen molar-refractivity contribution < 1.29 is 0 Å². The fraction of sp³-hybridized carbons (Fsp3) is 0.846. The smallest absolute Gasteiger partial charge is 0.0832 e. The van der Waals surface area contributed by atoms with E-state index < -0.39 is 0 Å². The van der Waals surface area contributed by atoms with Crippen LogP contribution in [0.5, 0.6) is 0 Å². The number of nitrogens with one attached hydrogen (secondary N) is 1. The monoisotopic (exact) mass is 236 g/mol. The van der Waals surface area contributed by atoms with Crippen molar-refractivity contribution in [1.82, 2.24) is 20.3 Å². The minimum absolute atomic E-state index is 0.404. The fourth-order valence-electron chi connectivity index (χ4n) is 2.92. The van der Waals surface area contributed by atoms with Gasteiger partial charge >= 0.3 is 0 Å². The Labute approximate surface area is 104 Å². The maximum Gasteiger partial charge on any atom is 0.0832 e. The number of aromatic nitrogens is 3.